The number of benzene rings is 1. The molecule has 1 atom stereocenters. The van der Waals surface area contributed by atoms with Crippen LogP contribution >= 0.6 is 0 Å². The number of likely N-dealkylation sites (N-methyl/N-ethyl adjacent to an activating group) is 1. The highest BCUT2D eigenvalue weighted by atomic mass is 16.5. The molecule has 3 aromatic rings. The number of anilines is 1. The normalized spacial score (nSPS) is 19.8. The number of nitrogens with zero attached hydrogens (tertiary/aromatic N) is 7. The van der Waals surface area contributed by atoms with Crippen molar-refractivity contribution < 1.29 is 14.3 Å². The lowest BCUT2D eigenvalue weighted by Crippen LogP contribution is -2.54. The van der Waals surface area contributed by atoms with Crippen molar-refractivity contribution in [1.82, 2.24) is 29.6 Å². The predicted molar refractivity (Wildman–Crippen MR) is 137 cm³/mol. The van der Waals surface area contributed by atoms with Crippen LogP contribution in [0.5, 0.6) is 11.8 Å². The number of aromatic nitrogens is 4. The van der Waals surface area contributed by atoms with E-state index in [9.17, 15) is 4.79 Å². The minimum absolute atomic E-state index is 0.0427. The molecule has 0 bridgehead atoms. The molecule has 1 unspecified atom stereocenters. The van der Waals surface area contributed by atoms with Gasteiger partial charge in [-0.25, -0.2) is 0 Å². The molecule has 5 rings (SSSR count). The Bertz CT molecular complexity index is 1170. The van der Waals surface area contributed by atoms with Crippen molar-refractivity contribution >= 4 is 17.4 Å². The lowest BCUT2D eigenvalue weighted by atomic mass is 9.89. The van der Waals surface area contributed by atoms with Crippen molar-refractivity contribution in [2.75, 3.05) is 58.4 Å². The predicted octanol–water partition coefficient (Wildman–Crippen LogP) is 2.45. The van der Waals surface area contributed by atoms with Crippen LogP contribution < -0.4 is 14.4 Å². The monoisotopic (exact) mass is 493 g/mol. The molecule has 10 nitrogen and oxygen atoms in total. The van der Waals surface area contributed by atoms with E-state index in [0.717, 1.165) is 63.6 Å². The molecule has 0 spiro atoms. The molecule has 1 amide bonds. The molecule has 0 aliphatic carbocycles. The molecule has 192 valence electrons. The van der Waals surface area contributed by atoms with Crippen molar-refractivity contribution in [3.05, 3.63) is 42.0 Å². The summed E-state index contributed by atoms with van der Waals surface area (Å²) in [5.41, 5.74) is 2.03. The summed E-state index contributed by atoms with van der Waals surface area (Å²) in [7, 11) is 3.45. The second kappa shape index (κ2) is 10.7. The van der Waals surface area contributed by atoms with Gasteiger partial charge in [0.2, 0.25) is 5.91 Å². The highest BCUT2D eigenvalue weighted by molar-refractivity contribution is 5.81. The van der Waals surface area contributed by atoms with Crippen molar-refractivity contribution in [2.45, 2.75) is 38.1 Å². The Morgan fingerprint density at radius 3 is 2.53 bits per heavy atom. The van der Waals surface area contributed by atoms with Gasteiger partial charge in [-0.2, -0.15) is 4.52 Å². The van der Waals surface area contributed by atoms with Gasteiger partial charge < -0.3 is 19.3 Å². The van der Waals surface area contributed by atoms with E-state index in [1.807, 2.05) is 31.0 Å². The molecule has 1 aromatic carbocycles. The Morgan fingerprint density at radius 2 is 1.78 bits per heavy atom. The third kappa shape index (κ3) is 5.09. The van der Waals surface area contributed by atoms with Gasteiger partial charge in [-0.3, -0.25) is 9.69 Å². The number of piperidine rings is 1. The highest BCUT2D eigenvalue weighted by Gasteiger charge is 2.28. The van der Waals surface area contributed by atoms with Crippen LogP contribution in [0.3, 0.4) is 0 Å². The Balaban J connectivity index is 1.08. The summed E-state index contributed by atoms with van der Waals surface area (Å²) < 4.78 is 12.9. The minimum atomic E-state index is -0.0427. The van der Waals surface area contributed by atoms with E-state index < -0.39 is 0 Å². The molecule has 4 heterocycles. The Morgan fingerprint density at radius 1 is 1.00 bits per heavy atom. The smallest absolute Gasteiger partial charge is 0.338 e. The average Bonchev–Trinajstić information content (AvgIpc) is 3.34. The Kier molecular flexibility index (Phi) is 7.22. The van der Waals surface area contributed by atoms with Gasteiger partial charge in [-0.1, -0.05) is 17.2 Å². The van der Waals surface area contributed by atoms with Crippen molar-refractivity contribution in [3.8, 4) is 11.8 Å². The lowest BCUT2D eigenvalue weighted by Gasteiger charge is -2.37. The first-order valence-corrected chi connectivity index (χ1v) is 12.8. The largest absolute Gasteiger partial charge is 0.494 e. The van der Waals surface area contributed by atoms with E-state index >= 15 is 0 Å². The maximum Gasteiger partial charge on any atom is 0.338 e. The van der Waals surface area contributed by atoms with Crippen molar-refractivity contribution in [1.29, 1.82) is 0 Å². The fourth-order valence-corrected chi connectivity index (χ4v) is 5.15. The zero-order chi connectivity index (χ0) is 25.1. The molecule has 2 aromatic heterocycles. The third-order valence-corrected chi connectivity index (χ3v) is 7.44. The third-order valence-electron chi connectivity index (χ3n) is 7.44. The molecule has 0 N–H and O–H groups in total. The molecular formula is C26H35N7O3. The quantitative estimate of drug-likeness (QED) is 0.442. The van der Waals surface area contributed by atoms with E-state index in [4.69, 9.17) is 9.47 Å². The lowest BCUT2D eigenvalue weighted by molar-refractivity contribution is -0.139. The number of fused-ring (bicyclic) bond motifs is 1. The second-order valence-corrected chi connectivity index (χ2v) is 9.65. The van der Waals surface area contributed by atoms with Crippen LogP contribution in [0.15, 0.2) is 36.4 Å². The first-order valence-electron chi connectivity index (χ1n) is 12.8. The summed E-state index contributed by atoms with van der Waals surface area (Å²) in [4.78, 5) is 18.5. The Labute approximate surface area is 211 Å². The molecule has 2 aliphatic rings. The van der Waals surface area contributed by atoms with E-state index in [0.29, 0.717) is 24.2 Å². The van der Waals surface area contributed by atoms with Crippen LogP contribution in [-0.4, -0.2) is 95.0 Å². The summed E-state index contributed by atoms with van der Waals surface area (Å²) in [6.07, 6.45) is 3.05. The number of hydrogen-bond acceptors (Lipinski definition) is 8. The van der Waals surface area contributed by atoms with Gasteiger partial charge in [0.05, 0.1) is 19.8 Å². The fraction of sp³-hybridized carbons (Fsp3) is 0.538. The zero-order valence-corrected chi connectivity index (χ0v) is 21.3. The number of methoxy groups -OCH3 is 1. The summed E-state index contributed by atoms with van der Waals surface area (Å²) in [6.45, 7) is 7.13. The van der Waals surface area contributed by atoms with Gasteiger partial charge in [0, 0.05) is 39.8 Å². The SMILES string of the molecule is COc1nnc2ccc(N3CCC(c4ccc(OCCCN5CCN(C)C(=O)C5C)cc4)CC3)nn12. The molecular weight excluding hydrogens is 458 g/mol. The van der Waals surface area contributed by atoms with Gasteiger partial charge in [-0.15, -0.1) is 10.2 Å². The summed E-state index contributed by atoms with van der Waals surface area (Å²) in [5, 5.41) is 12.7. The van der Waals surface area contributed by atoms with Crippen LogP contribution in [0.2, 0.25) is 0 Å². The van der Waals surface area contributed by atoms with Crippen LogP contribution in [0.1, 0.15) is 37.7 Å². The standard InChI is InChI=1S/C26H35N7O3/c1-19-25(34)30(2)16-17-31(19)13-4-18-36-22-7-5-20(6-8-22)21-11-14-32(15-12-21)24-10-9-23-27-28-26(35-3)33(23)29-24/h5-10,19,21H,4,11-18H2,1-3H3. The van der Waals surface area contributed by atoms with E-state index in [2.05, 4.69) is 49.4 Å². The molecule has 2 aliphatic heterocycles. The number of hydrogen-bond donors (Lipinski definition) is 0. The van der Waals surface area contributed by atoms with Gasteiger partial charge in [-0.05, 0) is 61.9 Å². The van der Waals surface area contributed by atoms with Crippen LogP contribution in [0.4, 0.5) is 5.82 Å². The Hall–Kier alpha value is -3.40. The maximum absolute atomic E-state index is 12.1. The average molecular weight is 494 g/mol. The highest BCUT2D eigenvalue weighted by Crippen LogP contribution is 2.31. The van der Waals surface area contributed by atoms with Crippen LogP contribution in [0, 0.1) is 0 Å². The number of carbonyl (C=O) groups is 1. The molecule has 0 saturated carbocycles. The van der Waals surface area contributed by atoms with Gasteiger partial charge >= 0.3 is 6.01 Å². The summed E-state index contributed by atoms with van der Waals surface area (Å²) >= 11 is 0. The van der Waals surface area contributed by atoms with E-state index in [1.165, 1.54) is 5.56 Å². The first kappa shape index (κ1) is 24.3. The van der Waals surface area contributed by atoms with Crippen molar-refractivity contribution in [3.63, 3.8) is 0 Å². The molecule has 10 heteroatoms. The summed E-state index contributed by atoms with van der Waals surface area (Å²) in [6, 6.07) is 12.8. The number of ether oxygens (including phenoxy) is 2. The first-order chi connectivity index (χ1) is 17.5. The number of carbonyl (C=O) groups excluding carboxylic acids is 1. The van der Waals surface area contributed by atoms with E-state index in [1.54, 1.807) is 11.6 Å². The minimum Gasteiger partial charge on any atom is -0.494 e. The number of rotatable bonds is 8. The molecule has 36 heavy (non-hydrogen) atoms. The number of piperazine rings is 1. The van der Waals surface area contributed by atoms with E-state index in [-0.39, 0.29) is 11.9 Å². The van der Waals surface area contributed by atoms with Gasteiger partial charge in [0.25, 0.3) is 0 Å². The fourth-order valence-electron chi connectivity index (χ4n) is 5.15. The van der Waals surface area contributed by atoms with Crippen molar-refractivity contribution in [2.24, 2.45) is 0 Å². The maximum atomic E-state index is 12.1. The molecule has 2 saturated heterocycles. The van der Waals surface area contributed by atoms with Gasteiger partial charge in [0.15, 0.2) is 5.65 Å². The molecule has 0 radical (unpaired) electrons. The molecule has 2 fully saturated rings. The number of amides is 1. The van der Waals surface area contributed by atoms with Crippen LogP contribution in [-0.2, 0) is 4.79 Å². The summed E-state index contributed by atoms with van der Waals surface area (Å²) in [5.74, 6) is 2.55. The second-order valence-electron chi connectivity index (χ2n) is 9.65. The zero-order valence-electron chi connectivity index (χ0n) is 21.3. The van der Waals surface area contributed by atoms with Crippen LogP contribution in [0.25, 0.3) is 5.65 Å². The van der Waals surface area contributed by atoms with Gasteiger partial charge in [0.1, 0.15) is 11.6 Å². The topological polar surface area (TPSA) is 88.3 Å².